The van der Waals surface area contributed by atoms with Gasteiger partial charge in [0.2, 0.25) is 5.91 Å². The quantitative estimate of drug-likeness (QED) is 0.333. The third kappa shape index (κ3) is 4.93. The predicted octanol–water partition coefficient (Wildman–Crippen LogP) is 6.14. The van der Waals surface area contributed by atoms with Crippen LogP contribution in [0.1, 0.15) is 44.7 Å². The molecular weight excluding hydrogens is 390 g/mol. The van der Waals surface area contributed by atoms with Gasteiger partial charge in [-0.3, -0.25) is 4.79 Å². The number of nitrogens with one attached hydrogen (secondary N) is 1. The van der Waals surface area contributed by atoms with Crippen molar-refractivity contribution in [1.82, 2.24) is 5.32 Å². The molecule has 3 rings (SSSR count). The van der Waals surface area contributed by atoms with E-state index in [-0.39, 0.29) is 5.91 Å². The minimum absolute atomic E-state index is 0.0891. The highest BCUT2D eigenvalue weighted by Gasteiger charge is 2.19. The Morgan fingerprint density at radius 3 is 2.58 bits per heavy atom. The van der Waals surface area contributed by atoms with Crippen LogP contribution in [-0.2, 0) is 4.79 Å². The van der Waals surface area contributed by atoms with Crippen LogP contribution >= 0.6 is 0 Å². The molecule has 5 nitrogen and oxygen atoms in total. The van der Waals surface area contributed by atoms with Gasteiger partial charge < -0.3 is 19.2 Å². The Balaban J connectivity index is 2.08. The maximum absolute atomic E-state index is 12.4. The van der Waals surface area contributed by atoms with Crippen molar-refractivity contribution in [3.05, 3.63) is 53.8 Å². The minimum Gasteiger partial charge on any atom is -0.497 e. The molecule has 0 radical (unpaired) electrons. The lowest BCUT2D eigenvalue weighted by Crippen LogP contribution is -2.22. The number of aryl methyl sites for hydroxylation is 1. The molecule has 5 heteroatoms. The Labute approximate surface area is 184 Å². The summed E-state index contributed by atoms with van der Waals surface area (Å²) in [4.78, 5) is 12.4. The number of fused-ring (bicyclic) bond motifs is 1. The largest absolute Gasteiger partial charge is 0.497 e. The van der Waals surface area contributed by atoms with E-state index in [2.05, 4.69) is 18.3 Å². The number of amides is 1. The van der Waals surface area contributed by atoms with Gasteiger partial charge in [0.25, 0.3) is 0 Å². The van der Waals surface area contributed by atoms with Gasteiger partial charge in [-0.1, -0.05) is 25.5 Å². The topological polar surface area (TPSA) is 60.7 Å². The zero-order valence-electron chi connectivity index (χ0n) is 19.0. The summed E-state index contributed by atoms with van der Waals surface area (Å²) >= 11 is 0. The highest BCUT2D eigenvalue weighted by molar-refractivity contribution is 6.01. The Morgan fingerprint density at radius 2 is 1.94 bits per heavy atom. The van der Waals surface area contributed by atoms with Crippen LogP contribution in [0.3, 0.4) is 0 Å². The lowest BCUT2D eigenvalue weighted by atomic mass is 9.96. The van der Waals surface area contributed by atoms with Gasteiger partial charge in [0.05, 0.1) is 20.0 Å². The van der Waals surface area contributed by atoms with Crippen molar-refractivity contribution in [2.45, 2.75) is 40.5 Å². The number of carbonyl (C=O) groups is 1. The Kier molecular flexibility index (Phi) is 7.40. The normalized spacial score (nSPS) is 11.6. The van der Waals surface area contributed by atoms with Crippen molar-refractivity contribution >= 4 is 22.4 Å². The lowest BCUT2D eigenvalue weighted by Gasteiger charge is -2.15. The van der Waals surface area contributed by atoms with Crippen LogP contribution in [0.25, 0.3) is 27.7 Å². The van der Waals surface area contributed by atoms with Gasteiger partial charge in [0, 0.05) is 34.7 Å². The summed E-state index contributed by atoms with van der Waals surface area (Å²) in [5.41, 5.74) is 5.49. The minimum atomic E-state index is -0.0891. The zero-order chi connectivity index (χ0) is 22.4. The summed E-state index contributed by atoms with van der Waals surface area (Å²) in [5, 5.41) is 3.93. The van der Waals surface area contributed by atoms with Crippen LogP contribution in [0.2, 0.25) is 0 Å². The molecule has 1 heterocycles. The van der Waals surface area contributed by atoms with Gasteiger partial charge in [-0.15, -0.1) is 0 Å². The molecular formula is C26H31NO4. The SMILES string of the molecule is CCCCNC(=O)/C=C(\C)c1cc2c(-c3ccc(OC)cc3)coc2c(C)c1OCC. The van der Waals surface area contributed by atoms with Gasteiger partial charge >= 0.3 is 0 Å². The molecule has 0 saturated heterocycles. The number of benzene rings is 2. The van der Waals surface area contributed by atoms with E-state index in [0.717, 1.165) is 63.1 Å². The number of furan rings is 1. The van der Waals surface area contributed by atoms with Crippen LogP contribution in [-0.4, -0.2) is 26.2 Å². The Morgan fingerprint density at radius 1 is 1.19 bits per heavy atom. The third-order valence-electron chi connectivity index (χ3n) is 5.34. The molecule has 1 aromatic heterocycles. The maximum atomic E-state index is 12.4. The van der Waals surface area contributed by atoms with Crippen molar-refractivity contribution in [3.63, 3.8) is 0 Å². The second kappa shape index (κ2) is 10.2. The van der Waals surface area contributed by atoms with Crippen molar-refractivity contribution in [2.24, 2.45) is 0 Å². The van der Waals surface area contributed by atoms with Crippen molar-refractivity contribution in [1.29, 1.82) is 0 Å². The van der Waals surface area contributed by atoms with E-state index in [1.54, 1.807) is 19.4 Å². The number of hydrogen-bond acceptors (Lipinski definition) is 4. The third-order valence-corrected chi connectivity index (χ3v) is 5.34. The number of methoxy groups -OCH3 is 1. The number of carbonyl (C=O) groups excluding carboxylic acids is 1. The molecule has 3 aromatic rings. The molecule has 0 aliphatic heterocycles. The molecule has 0 atom stereocenters. The van der Waals surface area contributed by atoms with E-state index in [0.29, 0.717) is 13.2 Å². The first-order valence-corrected chi connectivity index (χ1v) is 10.8. The van der Waals surface area contributed by atoms with E-state index in [1.165, 1.54) is 0 Å². The van der Waals surface area contributed by atoms with Gasteiger partial charge in [0.1, 0.15) is 17.1 Å². The number of allylic oxidation sites excluding steroid dienone is 1. The zero-order valence-corrected chi connectivity index (χ0v) is 19.0. The van der Waals surface area contributed by atoms with E-state index in [9.17, 15) is 4.79 Å². The Bertz CT molecular complexity index is 1080. The van der Waals surface area contributed by atoms with Crippen molar-refractivity contribution < 1.29 is 18.7 Å². The van der Waals surface area contributed by atoms with E-state index < -0.39 is 0 Å². The summed E-state index contributed by atoms with van der Waals surface area (Å²) in [6.45, 7) is 9.20. The first kappa shape index (κ1) is 22.5. The molecule has 1 N–H and O–H groups in total. The molecule has 2 aromatic carbocycles. The van der Waals surface area contributed by atoms with E-state index in [1.807, 2.05) is 45.0 Å². The monoisotopic (exact) mass is 421 g/mol. The van der Waals surface area contributed by atoms with E-state index in [4.69, 9.17) is 13.9 Å². The number of rotatable bonds is 9. The molecule has 0 bridgehead atoms. The molecule has 0 aliphatic rings. The summed E-state index contributed by atoms with van der Waals surface area (Å²) in [7, 11) is 1.65. The standard InChI is InChI=1S/C26H31NO4/c1-6-8-13-27-24(28)14-17(3)21-15-22-23(19-9-11-20(29-5)12-10-19)16-31-26(22)18(4)25(21)30-7-2/h9-12,14-16H,6-8,13H2,1-5H3,(H,27,28)/b17-14+. The van der Waals surface area contributed by atoms with Crippen molar-refractivity contribution in [3.8, 4) is 22.6 Å². The summed E-state index contributed by atoms with van der Waals surface area (Å²) in [6, 6.07) is 9.95. The molecule has 0 fully saturated rings. The summed E-state index contributed by atoms with van der Waals surface area (Å²) < 4.78 is 17.2. The highest BCUT2D eigenvalue weighted by Crippen LogP contribution is 2.41. The molecule has 31 heavy (non-hydrogen) atoms. The van der Waals surface area contributed by atoms with Gasteiger partial charge in [0.15, 0.2) is 0 Å². The fraction of sp³-hybridized carbons (Fsp3) is 0.346. The van der Waals surface area contributed by atoms with Crippen LogP contribution in [0, 0.1) is 6.92 Å². The average Bonchev–Trinajstić information content (AvgIpc) is 3.20. The maximum Gasteiger partial charge on any atom is 0.244 e. The predicted molar refractivity (Wildman–Crippen MR) is 126 cm³/mol. The van der Waals surface area contributed by atoms with Crippen LogP contribution < -0.4 is 14.8 Å². The highest BCUT2D eigenvalue weighted by atomic mass is 16.5. The van der Waals surface area contributed by atoms with Crippen LogP contribution in [0.5, 0.6) is 11.5 Å². The smallest absolute Gasteiger partial charge is 0.244 e. The number of ether oxygens (including phenoxy) is 2. The number of unbranched alkanes of at least 4 members (excludes halogenated alkanes) is 1. The average molecular weight is 422 g/mol. The van der Waals surface area contributed by atoms with Crippen LogP contribution in [0.4, 0.5) is 0 Å². The summed E-state index contributed by atoms with van der Waals surface area (Å²) in [5.74, 6) is 1.47. The van der Waals surface area contributed by atoms with Gasteiger partial charge in [-0.2, -0.15) is 0 Å². The number of hydrogen-bond donors (Lipinski definition) is 1. The fourth-order valence-electron chi connectivity index (χ4n) is 3.65. The summed E-state index contributed by atoms with van der Waals surface area (Å²) in [6.07, 6.45) is 5.43. The lowest BCUT2D eigenvalue weighted by molar-refractivity contribution is -0.116. The van der Waals surface area contributed by atoms with Gasteiger partial charge in [-0.05, 0) is 56.5 Å². The second-order valence-corrected chi connectivity index (χ2v) is 7.54. The van der Waals surface area contributed by atoms with Crippen molar-refractivity contribution in [2.75, 3.05) is 20.3 Å². The second-order valence-electron chi connectivity index (χ2n) is 7.54. The molecule has 0 aliphatic carbocycles. The Hall–Kier alpha value is -3.21. The molecule has 0 saturated carbocycles. The molecule has 0 unspecified atom stereocenters. The van der Waals surface area contributed by atoms with Crippen LogP contribution in [0.15, 0.2) is 47.1 Å². The molecule has 164 valence electrons. The molecule has 0 spiro atoms. The first-order valence-electron chi connectivity index (χ1n) is 10.8. The first-order chi connectivity index (χ1) is 15.0. The van der Waals surface area contributed by atoms with E-state index >= 15 is 0 Å². The molecule has 1 amide bonds. The van der Waals surface area contributed by atoms with Gasteiger partial charge in [-0.25, -0.2) is 0 Å². The fourth-order valence-corrected chi connectivity index (χ4v) is 3.65.